The quantitative estimate of drug-likeness (QED) is 0.0415. The van der Waals surface area contributed by atoms with Crippen molar-refractivity contribution in [3.05, 3.63) is 0 Å². The van der Waals surface area contributed by atoms with E-state index in [9.17, 15) is 38.4 Å². The van der Waals surface area contributed by atoms with Crippen molar-refractivity contribution < 1.29 is 38.4 Å². The second-order valence-electron chi connectivity index (χ2n) is 10.9. The average molecular weight is 769 g/mol. The number of unbranched alkanes of at least 4 members (excludes halogenated alkanes) is 2. The molecule has 0 radical (unpaired) electrons. The largest absolute Gasteiger partial charge is 0.355 e. The minimum absolute atomic E-state index is 0.0992. The van der Waals surface area contributed by atoms with Crippen LogP contribution >= 0.6 is 43.2 Å². The molecule has 0 heterocycles. The molecule has 280 valence electrons. The van der Waals surface area contributed by atoms with Gasteiger partial charge in [-0.2, -0.15) is 0 Å². The third-order valence-electron chi connectivity index (χ3n) is 6.55. The topological polar surface area (TPSA) is 261 Å². The molecule has 0 saturated heterocycles. The zero-order valence-corrected chi connectivity index (χ0v) is 31.8. The molecule has 4 unspecified atom stereocenters. The molecule has 0 aliphatic rings. The maximum Gasteiger partial charge on any atom is 0.249 e. The minimum Gasteiger partial charge on any atom is -0.355 e. The van der Waals surface area contributed by atoms with Gasteiger partial charge in [-0.3, -0.25) is 49.0 Å². The van der Waals surface area contributed by atoms with Crippen molar-refractivity contribution in [3.63, 3.8) is 0 Å². The van der Waals surface area contributed by atoms with Crippen molar-refractivity contribution in [2.75, 3.05) is 37.1 Å². The van der Waals surface area contributed by atoms with E-state index in [2.05, 4.69) is 31.9 Å². The van der Waals surface area contributed by atoms with Crippen LogP contribution in [0.2, 0.25) is 0 Å². The fourth-order valence-corrected chi connectivity index (χ4v) is 6.63. The van der Waals surface area contributed by atoms with Crippen molar-refractivity contribution in [1.29, 1.82) is 0 Å². The van der Waals surface area contributed by atoms with E-state index < -0.39 is 59.6 Å². The third kappa shape index (κ3) is 24.3. The van der Waals surface area contributed by atoms with Crippen LogP contribution in [0.4, 0.5) is 0 Å². The molecule has 0 aliphatic heterocycles. The SMILES string of the molecule is CSSCC(N)C(=O)NCCCCC(NC(=O)CCCC(=O)NC(CCCCNC(=O)C(N)CSSC)C(=O)NC(C)=O)C(=O)NC(C)=O. The van der Waals surface area contributed by atoms with Crippen LogP contribution in [0, 0.1) is 0 Å². The summed E-state index contributed by atoms with van der Waals surface area (Å²) in [6.07, 6.45) is 5.99. The van der Waals surface area contributed by atoms with Crippen LogP contribution in [-0.4, -0.2) is 109 Å². The average Bonchev–Trinajstić information content (AvgIpc) is 3.03. The molecule has 0 rings (SSSR count). The first kappa shape index (κ1) is 46.5. The Balaban J connectivity index is 4.82. The van der Waals surface area contributed by atoms with Gasteiger partial charge in [0, 0.05) is 51.3 Å². The van der Waals surface area contributed by atoms with Crippen molar-refractivity contribution in [2.45, 2.75) is 95.8 Å². The second kappa shape index (κ2) is 28.2. The van der Waals surface area contributed by atoms with Crippen LogP contribution in [-0.2, 0) is 38.4 Å². The van der Waals surface area contributed by atoms with Crippen molar-refractivity contribution >= 4 is 90.4 Å². The fourth-order valence-electron chi connectivity index (χ4n) is 4.07. The van der Waals surface area contributed by atoms with Gasteiger partial charge in [-0.25, -0.2) is 0 Å². The second-order valence-corrected chi connectivity index (χ2v) is 16.1. The summed E-state index contributed by atoms with van der Waals surface area (Å²) in [7, 11) is 5.99. The van der Waals surface area contributed by atoms with Crippen LogP contribution in [0.25, 0.3) is 0 Å². The predicted molar refractivity (Wildman–Crippen MR) is 197 cm³/mol. The van der Waals surface area contributed by atoms with E-state index in [4.69, 9.17) is 11.5 Å². The molecule has 20 heteroatoms. The molecule has 0 saturated carbocycles. The summed E-state index contributed by atoms with van der Waals surface area (Å²) in [5.74, 6) is -3.14. The fraction of sp³-hybridized carbons (Fsp3) is 0.724. The smallest absolute Gasteiger partial charge is 0.249 e. The van der Waals surface area contributed by atoms with Gasteiger partial charge in [0.15, 0.2) is 0 Å². The molecule has 0 aromatic rings. The summed E-state index contributed by atoms with van der Waals surface area (Å²) >= 11 is 0. The number of carbonyl (C=O) groups is 8. The van der Waals surface area contributed by atoms with Gasteiger partial charge in [-0.05, 0) is 57.5 Å². The summed E-state index contributed by atoms with van der Waals surface area (Å²) < 4.78 is 0. The summed E-state index contributed by atoms with van der Waals surface area (Å²) in [6, 6.07) is -3.28. The van der Waals surface area contributed by atoms with E-state index in [1.807, 2.05) is 12.5 Å². The van der Waals surface area contributed by atoms with Crippen LogP contribution in [0.15, 0.2) is 0 Å². The first-order valence-electron chi connectivity index (χ1n) is 15.8. The Kier molecular flexibility index (Phi) is 26.8. The maximum absolute atomic E-state index is 12.6. The lowest BCUT2D eigenvalue weighted by Crippen LogP contribution is -2.48. The number of imide groups is 2. The molecular formula is C29H52N8O8S4. The minimum atomic E-state index is -1.00. The van der Waals surface area contributed by atoms with Gasteiger partial charge in [0.2, 0.25) is 47.3 Å². The zero-order valence-electron chi connectivity index (χ0n) is 28.6. The van der Waals surface area contributed by atoms with Crippen molar-refractivity contribution in [1.82, 2.24) is 31.9 Å². The molecule has 8 amide bonds. The molecule has 16 nitrogen and oxygen atoms in total. The van der Waals surface area contributed by atoms with Crippen LogP contribution in [0.1, 0.15) is 71.6 Å². The van der Waals surface area contributed by atoms with Gasteiger partial charge in [-0.1, -0.05) is 43.2 Å². The predicted octanol–water partition coefficient (Wildman–Crippen LogP) is -0.298. The van der Waals surface area contributed by atoms with Gasteiger partial charge in [0.25, 0.3) is 0 Å². The van der Waals surface area contributed by atoms with Crippen molar-refractivity contribution in [2.24, 2.45) is 11.5 Å². The highest BCUT2D eigenvalue weighted by molar-refractivity contribution is 8.76. The highest BCUT2D eigenvalue weighted by Gasteiger charge is 2.24. The van der Waals surface area contributed by atoms with Gasteiger partial charge < -0.3 is 32.7 Å². The lowest BCUT2D eigenvalue weighted by molar-refractivity contribution is -0.134. The van der Waals surface area contributed by atoms with E-state index >= 15 is 0 Å². The molecule has 0 bridgehead atoms. The molecule has 0 aromatic heterocycles. The Morgan fingerprint density at radius 1 is 0.551 bits per heavy atom. The summed E-state index contributed by atoms with van der Waals surface area (Å²) in [5, 5.41) is 15.0. The van der Waals surface area contributed by atoms with Gasteiger partial charge >= 0.3 is 0 Å². The van der Waals surface area contributed by atoms with Crippen LogP contribution < -0.4 is 43.4 Å². The number of nitrogens with one attached hydrogen (secondary N) is 6. The molecule has 0 aromatic carbocycles. The van der Waals surface area contributed by atoms with Gasteiger partial charge in [0.05, 0.1) is 12.1 Å². The Bertz CT molecular complexity index is 1020. The molecule has 49 heavy (non-hydrogen) atoms. The summed E-state index contributed by atoms with van der Waals surface area (Å²) in [6.45, 7) is 3.01. The van der Waals surface area contributed by atoms with E-state index in [-0.39, 0.29) is 43.9 Å². The van der Waals surface area contributed by atoms with E-state index in [1.165, 1.54) is 57.0 Å². The highest BCUT2D eigenvalue weighted by atomic mass is 33.1. The Hall–Kier alpha value is -2.52. The van der Waals surface area contributed by atoms with Crippen LogP contribution in [0.3, 0.4) is 0 Å². The monoisotopic (exact) mass is 768 g/mol. The molecule has 0 spiro atoms. The number of hydrogen-bond donors (Lipinski definition) is 8. The lowest BCUT2D eigenvalue weighted by atomic mass is 10.1. The molecule has 10 N–H and O–H groups in total. The summed E-state index contributed by atoms with van der Waals surface area (Å²) in [4.78, 5) is 97.3. The first-order valence-corrected chi connectivity index (χ1v) is 21.3. The number of rotatable bonds is 26. The number of nitrogens with two attached hydrogens (primary N) is 2. The maximum atomic E-state index is 12.6. The molecular weight excluding hydrogens is 717 g/mol. The molecule has 4 atom stereocenters. The number of amides is 8. The summed E-state index contributed by atoms with van der Waals surface area (Å²) in [5.41, 5.74) is 11.7. The van der Waals surface area contributed by atoms with E-state index in [0.717, 1.165) is 0 Å². The van der Waals surface area contributed by atoms with Gasteiger partial charge in [0.1, 0.15) is 12.1 Å². The first-order chi connectivity index (χ1) is 23.2. The van der Waals surface area contributed by atoms with Gasteiger partial charge in [-0.15, -0.1) is 0 Å². The normalized spacial score (nSPS) is 13.2. The molecule has 0 aliphatic carbocycles. The Labute approximate surface area is 304 Å². The number of hydrogen-bond acceptors (Lipinski definition) is 14. The van der Waals surface area contributed by atoms with Crippen molar-refractivity contribution in [3.8, 4) is 0 Å². The Morgan fingerprint density at radius 2 is 0.918 bits per heavy atom. The standard InChI is InChI=1S/C29H52N8O8S4/c1-18(38)34-28(44)22(10-5-7-14-32-26(42)20(30)16-48-46-3)36-24(40)12-9-13-25(41)37-23(29(45)35-19(2)39)11-6-8-15-33-27(43)21(31)17-49-47-4/h20-23H,5-17,30-31H2,1-4H3,(H,32,42)(H,33,43)(H,36,40)(H,37,41)(H,34,38,44)(H,35,39,45). The lowest BCUT2D eigenvalue weighted by Gasteiger charge is -2.19. The highest BCUT2D eigenvalue weighted by Crippen LogP contribution is 2.17. The van der Waals surface area contributed by atoms with Crippen LogP contribution in [0.5, 0.6) is 0 Å². The third-order valence-corrected chi connectivity index (χ3v) is 10.2. The Morgan fingerprint density at radius 3 is 1.24 bits per heavy atom. The van der Waals surface area contributed by atoms with E-state index in [1.54, 1.807) is 0 Å². The van der Waals surface area contributed by atoms with E-state index in [0.29, 0.717) is 50.3 Å². The molecule has 0 fully saturated rings. The number of carbonyl (C=O) groups excluding carboxylic acids is 8. The zero-order chi connectivity index (χ0) is 37.2.